The van der Waals surface area contributed by atoms with Gasteiger partial charge in [0.25, 0.3) is 17.7 Å². The minimum absolute atomic E-state index is 0.0150. The fourth-order valence-electron chi connectivity index (χ4n) is 2.79. The number of nitrogens with one attached hydrogen (secondary N) is 3. The first-order valence-corrected chi connectivity index (χ1v) is 10.3. The summed E-state index contributed by atoms with van der Waals surface area (Å²) in [5.41, 5.74) is 6.41. The van der Waals surface area contributed by atoms with Gasteiger partial charge in [-0.2, -0.15) is 0 Å². The number of hydrogen-bond donors (Lipinski definition) is 3. The van der Waals surface area contributed by atoms with E-state index < -0.39 is 11.8 Å². The molecule has 0 fully saturated rings. The summed E-state index contributed by atoms with van der Waals surface area (Å²) < 4.78 is 10.9. The number of methoxy groups -OCH3 is 1. The van der Waals surface area contributed by atoms with Gasteiger partial charge in [-0.3, -0.25) is 25.2 Å². The van der Waals surface area contributed by atoms with Crippen molar-refractivity contribution in [2.75, 3.05) is 13.7 Å². The van der Waals surface area contributed by atoms with E-state index in [1.165, 1.54) is 13.2 Å². The first-order valence-electron chi connectivity index (χ1n) is 10.3. The second-order valence-electron chi connectivity index (χ2n) is 8.54. The molecule has 0 heterocycles. The monoisotopic (exact) mass is 441 g/mol. The van der Waals surface area contributed by atoms with Crippen LogP contribution >= 0.6 is 0 Å². The number of carbonyl (C=O) groups is 3. The van der Waals surface area contributed by atoms with Crippen molar-refractivity contribution < 1.29 is 23.9 Å². The molecule has 0 unspecified atom stereocenters. The summed E-state index contributed by atoms with van der Waals surface area (Å²) >= 11 is 0. The Morgan fingerprint density at radius 1 is 0.875 bits per heavy atom. The van der Waals surface area contributed by atoms with Crippen LogP contribution in [0.5, 0.6) is 11.5 Å². The Hall–Kier alpha value is -3.55. The molecule has 0 aromatic heterocycles. The van der Waals surface area contributed by atoms with E-state index in [1.807, 2.05) is 26.0 Å². The molecule has 0 spiro atoms. The van der Waals surface area contributed by atoms with E-state index in [9.17, 15) is 14.4 Å². The van der Waals surface area contributed by atoms with Crippen LogP contribution in [-0.2, 0) is 10.2 Å². The lowest BCUT2D eigenvalue weighted by atomic mass is 9.87. The van der Waals surface area contributed by atoms with Crippen molar-refractivity contribution in [3.8, 4) is 11.5 Å². The Morgan fingerprint density at radius 3 is 2.06 bits per heavy atom. The normalized spacial score (nSPS) is 11.0. The van der Waals surface area contributed by atoms with E-state index in [4.69, 9.17) is 9.47 Å². The number of amides is 3. The first kappa shape index (κ1) is 24.7. The van der Waals surface area contributed by atoms with Gasteiger partial charge in [-0.1, -0.05) is 32.9 Å². The summed E-state index contributed by atoms with van der Waals surface area (Å²) in [6.45, 7) is 9.75. The highest BCUT2D eigenvalue weighted by Gasteiger charge is 2.16. The predicted molar refractivity (Wildman–Crippen MR) is 122 cm³/mol. The van der Waals surface area contributed by atoms with Crippen molar-refractivity contribution in [3.63, 3.8) is 0 Å². The standard InChI is InChI=1S/C24H31N3O5/c1-15(2)32-19-12-9-17(13-20(19)31-6)23(30)27-26-21(28)14-25-22(29)16-7-10-18(11-8-16)24(3,4)5/h7-13,15H,14H2,1-6H3,(H,25,29)(H,26,28)(H,27,30). The molecule has 3 N–H and O–H groups in total. The Bertz CT molecular complexity index is 963. The van der Waals surface area contributed by atoms with Crippen LogP contribution in [-0.4, -0.2) is 37.5 Å². The quantitative estimate of drug-likeness (QED) is 0.573. The highest BCUT2D eigenvalue weighted by molar-refractivity contribution is 5.98. The van der Waals surface area contributed by atoms with Crippen molar-refractivity contribution in [1.29, 1.82) is 0 Å². The lowest BCUT2D eigenvalue weighted by molar-refractivity contribution is -0.120. The van der Waals surface area contributed by atoms with Gasteiger partial charge >= 0.3 is 0 Å². The molecular weight excluding hydrogens is 410 g/mol. The molecule has 8 heteroatoms. The molecule has 2 aromatic rings. The van der Waals surface area contributed by atoms with E-state index in [2.05, 4.69) is 36.9 Å². The maximum Gasteiger partial charge on any atom is 0.269 e. The average Bonchev–Trinajstić information content (AvgIpc) is 2.75. The summed E-state index contributed by atoms with van der Waals surface area (Å²) in [4.78, 5) is 36.6. The summed E-state index contributed by atoms with van der Waals surface area (Å²) in [6.07, 6.45) is -0.0468. The van der Waals surface area contributed by atoms with E-state index in [1.54, 1.807) is 24.3 Å². The minimum Gasteiger partial charge on any atom is -0.493 e. The maximum absolute atomic E-state index is 12.3. The first-order chi connectivity index (χ1) is 15.0. The van der Waals surface area contributed by atoms with Gasteiger partial charge < -0.3 is 14.8 Å². The van der Waals surface area contributed by atoms with Gasteiger partial charge in [-0.05, 0) is 55.2 Å². The third-order valence-electron chi connectivity index (χ3n) is 4.53. The van der Waals surface area contributed by atoms with Gasteiger partial charge in [0.05, 0.1) is 19.8 Å². The van der Waals surface area contributed by atoms with Crippen molar-refractivity contribution >= 4 is 17.7 Å². The van der Waals surface area contributed by atoms with Crippen LogP contribution in [0.2, 0.25) is 0 Å². The highest BCUT2D eigenvalue weighted by atomic mass is 16.5. The molecule has 2 rings (SSSR count). The van der Waals surface area contributed by atoms with Gasteiger partial charge in [0.15, 0.2) is 11.5 Å². The third-order valence-corrected chi connectivity index (χ3v) is 4.53. The van der Waals surface area contributed by atoms with Crippen LogP contribution in [0.4, 0.5) is 0 Å². The topological polar surface area (TPSA) is 106 Å². The molecule has 0 aliphatic heterocycles. The van der Waals surface area contributed by atoms with Crippen LogP contribution in [0.1, 0.15) is 60.9 Å². The van der Waals surface area contributed by atoms with Crippen molar-refractivity contribution in [2.24, 2.45) is 0 Å². The van der Waals surface area contributed by atoms with Gasteiger partial charge in [0.1, 0.15) is 0 Å². The lowest BCUT2D eigenvalue weighted by Gasteiger charge is -2.19. The fraction of sp³-hybridized carbons (Fsp3) is 0.375. The SMILES string of the molecule is COc1cc(C(=O)NNC(=O)CNC(=O)c2ccc(C(C)(C)C)cc2)ccc1OC(C)C. The second-order valence-corrected chi connectivity index (χ2v) is 8.54. The second kappa shape index (κ2) is 10.7. The fourth-order valence-corrected chi connectivity index (χ4v) is 2.79. The number of rotatable bonds is 7. The molecule has 0 saturated carbocycles. The van der Waals surface area contributed by atoms with E-state index in [0.29, 0.717) is 17.1 Å². The van der Waals surface area contributed by atoms with Crippen LogP contribution in [0.15, 0.2) is 42.5 Å². The predicted octanol–water partition coefficient (Wildman–Crippen LogP) is 2.97. The zero-order chi connectivity index (χ0) is 23.9. The molecule has 0 radical (unpaired) electrons. The van der Waals surface area contributed by atoms with Gasteiger partial charge in [0.2, 0.25) is 0 Å². The summed E-state index contributed by atoms with van der Waals surface area (Å²) in [5.74, 6) is -0.553. The van der Waals surface area contributed by atoms with E-state index in [-0.39, 0.29) is 29.5 Å². The molecule has 0 saturated heterocycles. The highest BCUT2D eigenvalue weighted by Crippen LogP contribution is 2.29. The number of carbonyl (C=O) groups excluding carboxylic acids is 3. The average molecular weight is 442 g/mol. The number of hydrogen-bond acceptors (Lipinski definition) is 5. The maximum atomic E-state index is 12.3. The molecule has 0 atom stereocenters. The lowest BCUT2D eigenvalue weighted by Crippen LogP contribution is -2.46. The van der Waals surface area contributed by atoms with Crippen LogP contribution in [0.25, 0.3) is 0 Å². The third kappa shape index (κ3) is 7.01. The number of benzene rings is 2. The number of ether oxygens (including phenoxy) is 2. The molecule has 8 nitrogen and oxygen atoms in total. The zero-order valence-corrected chi connectivity index (χ0v) is 19.4. The van der Waals surface area contributed by atoms with E-state index >= 15 is 0 Å². The van der Waals surface area contributed by atoms with Crippen molar-refractivity contribution in [3.05, 3.63) is 59.2 Å². The molecule has 32 heavy (non-hydrogen) atoms. The van der Waals surface area contributed by atoms with Crippen LogP contribution in [0.3, 0.4) is 0 Å². The van der Waals surface area contributed by atoms with Gasteiger partial charge in [0, 0.05) is 11.1 Å². The van der Waals surface area contributed by atoms with Crippen LogP contribution in [0, 0.1) is 0 Å². The molecule has 0 aliphatic carbocycles. The molecule has 0 aliphatic rings. The number of hydrazine groups is 1. The Kier molecular flexibility index (Phi) is 8.23. The van der Waals surface area contributed by atoms with Crippen molar-refractivity contribution in [1.82, 2.24) is 16.2 Å². The zero-order valence-electron chi connectivity index (χ0n) is 19.4. The summed E-state index contributed by atoms with van der Waals surface area (Å²) in [6, 6.07) is 11.9. The molecule has 2 aromatic carbocycles. The molecule has 172 valence electrons. The molecule has 3 amide bonds. The largest absolute Gasteiger partial charge is 0.493 e. The van der Waals surface area contributed by atoms with Crippen LogP contribution < -0.4 is 25.6 Å². The summed E-state index contributed by atoms with van der Waals surface area (Å²) in [7, 11) is 1.48. The van der Waals surface area contributed by atoms with Crippen molar-refractivity contribution in [2.45, 2.75) is 46.1 Å². The smallest absolute Gasteiger partial charge is 0.269 e. The van der Waals surface area contributed by atoms with Gasteiger partial charge in [-0.25, -0.2) is 0 Å². The minimum atomic E-state index is -0.565. The Labute approximate surface area is 188 Å². The van der Waals surface area contributed by atoms with Gasteiger partial charge in [-0.15, -0.1) is 0 Å². The van der Waals surface area contributed by atoms with E-state index in [0.717, 1.165) is 5.56 Å². The molecular formula is C24H31N3O5. The Balaban J connectivity index is 1.86. The Morgan fingerprint density at radius 2 is 1.50 bits per heavy atom. The summed E-state index contributed by atoms with van der Waals surface area (Å²) in [5, 5.41) is 2.53. The molecule has 0 bridgehead atoms.